The van der Waals surface area contributed by atoms with E-state index in [1.54, 1.807) is 0 Å². The molecule has 0 amide bonds. The molecule has 0 aliphatic rings. The van der Waals surface area contributed by atoms with Gasteiger partial charge in [-0.25, -0.2) is 0 Å². The molecule has 0 saturated heterocycles. The van der Waals surface area contributed by atoms with Crippen molar-refractivity contribution in [2.24, 2.45) is 0 Å². The van der Waals surface area contributed by atoms with Crippen molar-refractivity contribution in [2.45, 2.75) is 38.7 Å². The number of rotatable bonds is 5. The molecule has 0 heterocycles. The number of aliphatic hydroxyl groups is 1. The van der Waals surface area contributed by atoms with Gasteiger partial charge in [-0.05, 0) is 39.0 Å². The molecule has 0 saturated carbocycles. The third-order valence-electron chi connectivity index (χ3n) is 2.44. The van der Waals surface area contributed by atoms with E-state index in [0.717, 1.165) is 12.1 Å². The predicted molar refractivity (Wildman–Crippen MR) is 71.6 cm³/mol. The van der Waals surface area contributed by atoms with Gasteiger partial charge in [-0.3, -0.25) is 0 Å². The molecule has 6 heteroatoms. The largest absolute Gasteiger partial charge is 0.416 e. The van der Waals surface area contributed by atoms with Crippen molar-refractivity contribution >= 4 is 5.69 Å². The van der Waals surface area contributed by atoms with Crippen LogP contribution in [0, 0.1) is 0 Å². The van der Waals surface area contributed by atoms with E-state index in [1.807, 2.05) is 20.8 Å². The van der Waals surface area contributed by atoms with Crippen LogP contribution in [0.2, 0.25) is 0 Å². The van der Waals surface area contributed by atoms with Gasteiger partial charge in [0, 0.05) is 12.2 Å². The monoisotopic (exact) mass is 291 g/mol. The molecule has 1 aromatic carbocycles. The molecule has 0 aliphatic heterocycles. The molecule has 0 spiro atoms. The Labute approximate surface area is 116 Å². The van der Waals surface area contributed by atoms with E-state index >= 15 is 0 Å². The summed E-state index contributed by atoms with van der Waals surface area (Å²) in [4.78, 5) is 0. The molecule has 1 aromatic rings. The third kappa shape index (κ3) is 6.25. The number of ether oxygens (including phenoxy) is 1. The Kier molecular flexibility index (Phi) is 5.42. The van der Waals surface area contributed by atoms with Crippen LogP contribution in [0.15, 0.2) is 24.3 Å². The highest BCUT2D eigenvalue weighted by atomic mass is 19.4. The number of alkyl halides is 3. The number of halogens is 3. The summed E-state index contributed by atoms with van der Waals surface area (Å²) in [6.07, 6.45) is -5.16. The highest BCUT2D eigenvalue weighted by Gasteiger charge is 2.30. The van der Waals surface area contributed by atoms with Crippen molar-refractivity contribution in [3.63, 3.8) is 0 Å². The zero-order valence-electron chi connectivity index (χ0n) is 11.8. The summed E-state index contributed by atoms with van der Waals surface area (Å²) < 4.78 is 43.0. The number of hydrogen-bond acceptors (Lipinski definition) is 3. The zero-order valence-corrected chi connectivity index (χ0v) is 11.8. The van der Waals surface area contributed by atoms with Gasteiger partial charge in [0.15, 0.2) is 0 Å². The lowest BCUT2D eigenvalue weighted by Gasteiger charge is -2.22. The van der Waals surface area contributed by atoms with Crippen LogP contribution in [0.3, 0.4) is 0 Å². The van der Waals surface area contributed by atoms with E-state index < -0.39 is 17.8 Å². The lowest BCUT2D eigenvalue weighted by atomic mass is 10.2. The second kappa shape index (κ2) is 6.45. The molecule has 0 aromatic heterocycles. The lowest BCUT2D eigenvalue weighted by molar-refractivity contribution is -0.137. The maximum Gasteiger partial charge on any atom is 0.416 e. The molecule has 1 unspecified atom stereocenters. The van der Waals surface area contributed by atoms with Crippen LogP contribution in [0.5, 0.6) is 0 Å². The Morgan fingerprint density at radius 2 is 1.90 bits per heavy atom. The molecule has 1 atom stereocenters. The maximum atomic E-state index is 12.5. The first kappa shape index (κ1) is 16.8. The van der Waals surface area contributed by atoms with Crippen molar-refractivity contribution in [2.75, 3.05) is 18.5 Å². The van der Waals surface area contributed by atoms with Crippen LogP contribution in [0.4, 0.5) is 18.9 Å². The predicted octanol–water partition coefficient (Wildman–Crippen LogP) is 3.29. The van der Waals surface area contributed by atoms with Gasteiger partial charge in [0.2, 0.25) is 0 Å². The number of anilines is 1. The molecular weight excluding hydrogens is 271 g/mol. The quantitative estimate of drug-likeness (QED) is 0.874. The van der Waals surface area contributed by atoms with E-state index in [1.165, 1.54) is 12.1 Å². The maximum absolute atomic E-state index is 12.5. The summed E-state index contributed by atoms with van der Waals surface area (Å²) in [6.45, 7) is 5.83. The average molecular weight is 291 g/mol. The molecule has 20 heavy (non-hydrogen) atoms. The Morgan fingerprint density at radius 1 is 1.25 bits per heavy atom. The molecular formula is C14H20F3NO2. The van der Waals surface area contributed by atoms with Crippen LogP contribution in [0.25, 0.3) is 0 Å². The normalized spacial score (nSPS) is 14.2. The first-order chi connectivity index (χ1) is 9.08. The number of hydrogen-bond donors (Lipinski definition) is 2. The highest BCUT2D eigenvalue weighted by Crippen LogP contribution is 2.30. The molecule has 3 nitrogen and oxygen atoms in total. The van der Waals surface area contributed by atoms with Crippen molar-refractivity contribution < 1.29 is 23.0 Å². The van der Waals surface area contributed by atoms with E-state index in [9.17, 15) is 18.3 Å². The van der Waals surface area contributed by atoms with Crippen molar-refractivity contribution in [1.29, 1.82) is 0 Å². The van der Waals surface area contributed by atoms with Crippen molar-refractivity contribution in [3.05, 3.63) is 29.8 Å². The van der Waals surface area contributed by atoms with Gasteiger partial charge in [-0.15, -0.1) is 0 Å². The minimum absolute atomic E-state index is 0.120. The highest BCUT2D eigenvalue weighted by molar-refractivity contribution is 5.46. The summed E-state index contributed by atoms with van der Waals surface area (Å²) in [6, 6.07) is 4.86. The Hall–Kier alpha value is -1.27. The summed E-state index contributed by atoms with van der Waals surface area (Å²) in [5.74, 6) is 0. The van der Waals surface area contributed by atoms with Crippen molar-refractivity contribution in [3.8, 4) is 0 Å². The van der Waals surface area contributed by atoms with Gasteiger partial charge in [-0.2, -0.15) is 13.2 Å². The van der Waals surface area contributed by atoms with E-state index in [4.69, 9.17) is 4.74 Å². The van der Waals surface area contributed by atoms with Gasteiger partial charge >= 0.3 is 6.18 Å². The summed E-state index contributed by atoms with van der Waals surface area (Å²) in [5.41, 5.74) is -0.769. The first-order valence-corrected chi connectivity index (χ1v) is 6.31. The number of benzene rings is 1. The minimum Gasteiger partial charge on any atom is -0.389 e. The fourth-order valence-corrected chi connectivity index (χ4v) is 1.45. The van der Waals surface area contributed by atoms with Crippen LogP contribution in [-0.2, 0) is 10.9 Å². The van der Waals surface area contributed by atoms with Crippen LogP contribution < -0.4 is 5.32 Å². The second-order valence-electron chi connectivity index (χ2n) is 5.54. The number of nitrogens with one attached hydrogen (secondary N) is 1. The fourth-order valence-electron chi connectivity index (χ4n) is 1.45. The molecule has 0 radical (unpaired) electrons. The van der Waals surface area contributed by atoms with Gasteiger partial charge in [0.25, 0.3) is 0 Å². The standard InChI is InChI=1S/C14H20F3NO2/c1-13(2,3)20-9-12(19)8-18-11-6-4-5-10(7-11)14(15,16)17/h4-7,12,18-19H,8-9H2,1-3H3. The van der Waals surface area contributed by atoms with Gasteiger partial charge in [0.05, 0.1) is 23.9 Å². The molecule has 0 aliphatic carbocycles. The van der Waals surface area contributed by atoms with E-state index in [0.29, 0.717) is 5.69 Å². The zero-order chi connectivity index (χ0) is 15.4. The van der Waals surface area contributed by atoms with Crippen LogP contribution >= 0.6 is 0 Å². The van der Waals surface area contributed by atoms with Crippen molar-refractivity contribution in [1.82, 2.24) is 0 Å². The van der Waals surface area contributed by atoms with Gasteiger partial charge in [0.1, 0.15) is 0 Å². The SMILES string of the molecule is CC(C)(C)OCC(O)CNc1cccc(C(F)(F)F)c1. The third-order valence-corrected chi connectivity index (χ3v) is 2.44. The van der Waals surface area contributed by atoms with Crippen LogP contribution in [0.1, 0.15) is 26.3 Å². The van der Waals surface area contributed by atoms with Crippen LogP contribution in [-0.4, -0.2) is 30.0 Å². The average Bonchev–Trinajstić information content (AvgIpc) is 2.32. The van der Waals surface area contributed by atoms with Gasteiger partial charge < -0.3 is 15.2 Å². The number of aliphatic hydroxyl groups excluding tert-OH is 1. The molecule has 0 bridgehead atoms. The molecule has 0 fully saturated rings. The lowest BCUT2D eigenvalue weighted by Crippen LogP contribution is -2.30. The summed E-state index contributed by atoms with van der Waals surface area (Å²) in [5, 5.41) is 12.5. The minimum atomic E-state index is -4.37. The fraction of sp³-hybridized carbons (Fsp3) is 0.571. The first-order valence-electron chi connectivity index (χ1n) is 6.31. The summed E-state index contributed by atoms with van der Waals surface area (Å²) >= 11 is 0. The van der Waals surface area contributed by atoms with E-state index in [-0.39, 0.29) is 18.8 Å². The molecule has 114 valence electrons. The Morgan fingerprint density at radius 3 is 2.45 bits per heavy atom. The smallest absolute Gasteiger partial charge is 0.389 e. The van der Waals surface area contributed by atoms with E-state index in [2.05, 4.69) is 5.32 Å². The second-order valence-corrected chi connectivity index (χ2v) is 5.54. The molecule has 1 rings (SSSR count). The molecule has 2 N–H and O–H groups in total. The topological polar surface area (TPSA) is 41.5 Å². The van der Waals surface area contributed by atoms with Gasteiger partial charge in [-0.1, -0.05) is 6.07 Å². The Balaban J connectivity index is 2.50. The summed E-state index contributed by atoms with van der Waals surface area (Å²) in [7, 11) is 0. The Bertz CT molecular complexity index is 427.